The molecule has 0 bridgehead atoms. The van der Waals surface area contributed by atoms with Gasteiger partial charge in [0.2, 0.25) is 15.8 Å². The third kappa shape index (κ3) is 6.28. The van der Waals surface area contributed by atoms with E-state index in [0.717, 1.165) is 11.1 Å². The normalized spacial score (nSPS) is 21.8. The Bertz CT molecular complexity index is 1410. The highest BCUT2D eigenvalue weighted by Gasteiger charge is 2.39. The highest BCUT2D eigenvalue weighted by atomic mass is 35.5. The van der Waals surface area contributed by atoms with Gasteiger partial charge >= 0.3 is 0 Å². The second-order valence-electron chi connectivity index (χ2n) is 10.3. The minimum atomic E-state index is -3.96. The number of β-amino-alcohol motifs (C(OH)–C–C–N with tert-alkyl or cyclic N) is 1. The Labute approximate surface area is 232 Å². The molecule has 0 saturated carbocycles. The molecule has 1 fully saturated rings. The molecule has 3 heterocycles. The van der Waals surface area contributed by atoms with E-state index in [1.54, 1.807) is 29.2 Å². The molecule has 2 N–H and O–H groups in total. The number of nitrogens with one attached hydrogen (secondary N) is 1. The molecule has 2 aliphatic rings. The van der Waals surface area contributed by atoms with Gasteiger partial charge in [-0.05, 0) is 55.3 Å². The van der Waals surface area contributed by atoms with Crippen LogP contribution in [-0.2, 0) is 10.0 Å². The number of aliphatic hydroxyl groups is 1. The van der Waals surface area contributed by atoms with Crippen molar-refractivity contribution in [1.29, 1.82) is 0 Å². The number of benzene rings is 2. The van der Waals surface area contributed by atoms with Crippen molar-refractivity contribution < 1.29 is 27.5 Å². The number of hydrogen-bond acceptors (Lipinski definition) is 8. The number of aromatic nitrogens is 1. The molecule has 1 unspecified atom stereocenters. The Morgan fingerprint density at radius 3 is 2.56 bits per heavy atom. The predicted octanol–water partition coefficient (Wildman–Crippen LogP) is 2.88. The van der Waals surface area contributed by atoms with Crippen LogP contribution >= 0.6 is 11.6 Å². The van der Waals surface area contributed by atoms with Crippen LogP contribution in [0.2, 0.25) is 5.02 Å². The third-order valence-electron chi connectivity index (χ3n) is 7.34. The van der Waals surface area contributed by atoms with Crippen LogP contribution in [0.25, 0.3) is 11.1 Å². The molecule has 208 valence electrons. The lowest BCUT2D eigenvalue weighted by Crippen LogP contribution is -2.51. The Hall–Kier alpha value is -2.96. The van der Waals surface area contributed by atoms with E-state index in [9.17, 15) is 18.3 Å². The number of piperidine rings is 1. The van der Waals surface area contributed by atoms with Crippen molar-refractivity contribution in [2.45, 2.75) is 23.8 Å². The van der Waals surface area contributed by atoms with E-state index in [0.29, 0.717) is 37.5 Å². The van der Waals surface area contributed by atoms with Crippen LogP contribution in [0.4, 0.5) is 0 Å². The molecule has 1 atom stereocenters. The molecule has 0 aliphatic carbocycles. The summed E-state index contributed by atoms with van der Waals surface area (Å²) in [6.45, 7) is 1.97. The number of carbonyl (C=O) groups is 1. The Kier molecular flexibility index (Phi) is 7.97. The molecule has 0 radical (unpaired) electrons. The fraction of sp³-hybridized carbons (Fsp3) is 0.407. The number of sulfonamides is 1. The number of amides is 1. The first-order valence-electron chi connectivity index (χ1n) is 12.7. The van der Waals surface area contributed by atoms with E-state index in [2.05, 4.69) is 9.71 Å². The average molecular weight is 575 g/mol. The lowest BCUT2D eigenvalue weighted by molar-refractivity contribution is 0.0149. The summed E-state index contributed by atoms with van der Waals surface area (Å²) < 4.78 is 40.5. The number of likely N-dealkylation sites (tertiary alicyclic amines) is 1. The molecule has 1 saturated heterocycles. The summed E-state index contributed by atoms with van der Waals surface area (Å²) >= 11 is 6.05. The molecule has 2 aromatic carbocycles. The van der Waals surface area contributed by atoms with Gasteiger partial charge in [-0.15, -0.1) is 0 Å². The lowest BCUT2D eigenvalue weighted by atomic mass is 9.78. The van der Waals surface area contributed by atoms with Crippen LogP contribution in [0.3, 0.4) is 0 Å². The third-order valence-corrected chi connectivity index (χ3v) is 9.05. The van der Waals surface area contributed by atoms with Crippen molar-refractivity contribution in [2.24, 2.45) is 5.41 Å². The maximum atomic E-state index is 13.2. The van der Waals surface area contributed by atoms with E-state index < -0.39 is 16.1 Å². The highest BCUT2D eigenvalue weighted by molar-refractivity contribution is 7.89. The fourth-order valence-electron chi connectivity index (χ4n) is 5.25. The lowest BCUT2D eigenvalue weighted by Gasteiger charge is -2.43. The maximum absolute atomic E-state index is 13.2. The topological polar surface area (TPSA) is 125 Å². The fourth-order valence-corrected chi connectivity index (χ4v) is 6.57. The number of fused-ring (bicyclic) bond motifs is 1. The SMILES string of the molecule is CN1CC(O)CNS(=O)(=O)c2ccc(-c3ccc(Cl)cc3)cc2OCC2(CCN(C(=O)c3cnco3)CC2)C1. The van der Waals surface area contributed by atoms with Crippen LogP contribution in [0.1, 0.15) is 23.4 Å². The zero-order chi connectivity index (χ0) is 27.6. The second kappa shape index (κ2) is 11.3. The number of carbonyl (C=O) groups excluding carboxylic acids is 1. The van der Waals surface area contributed by atoms with Crippen molar-refractivity contribution >= 4 is 27.5 Å². The maximum Gasteiger partial charge on any atom is 0.291 e. The van der Waals surface area contributed by atoms with Crippen LogP contribution < -0.4 is 9.46 Å². The second-order valence-corrected chi connectivity index (χ2v) is 12.5. The van der Waals surface area contributed by atoms with Crippen molar-refractivity contribution in [1.82, 2.24) is 19.5 Å². The zero-order valence-corrected chi connectivity index (χ0v) is 23.1. The first kappa shape index (κ1) is 27.6. The van der Waals surface area contributed by atoms with Crippen LogP contribution in [-0.4, -0.2) is 86.7 Å². The monoisotopic (exact) mass is 574 g/mol. The Morgan fingerprint density at radius 2 is 1.87 bits per heavy atom. The Balaban J connectivity index is 1.45. The summed E-state index contributed by atoms with van der Waals surface area (Å²) in [6.07, 6.45) is 3.00. The first-order valence-corrected chi connectivity index (χ1v) is 14.6. The molecule has 1 spiro atoms. The van der Waals surface area contributed by atoms with Crippen molar-refractivity contribution in [3.63, 3.8) is 0 Å². The predicted molar refractivity (Wildman–Crippen MR) is 145 cm³/mol. The van der Waals surface area contributed by atoms with Gasteiger partial charge in [-0.1, -0.05) is 29.8 Å². The van der Waals surface area contributed by atoms with Gasteiger partial charge < -0.3 is 24.1 Å². The average Bonchev–Trinajstić information content (AvgIpc) is 3.46. The summed E-state index contributed by atoms with van der Waals surface area (Å²) in [5.74, 6) is 0.213. The molecular weight excluding hydrogens is 544 g/mol. The molecule has 12 heteroatoms. The molecule has 10 nitrogen and oxygen atoms in total. The number of aliphatic hydroxyl groups excluding tert-OH is 1. The Morgan fingerprint density at radius 1 is 1.15 bits per heavy atom. The van der Waals surface area contributed by atoms with E-state index in [-0.39, 0.29) is 47.4 Å². The van der Waals surface area contributed by atoms with E-state index in [4.69, 9.17) is 20.8 Å². The molecule has 2 aliphatic heterocycles. The van der Waals surface area contributed by atoms with Gasteiger partial charge in [-0.3, -0.25) is 4.79 Å². The van der Waals surface area contributed by atoms with E-state index in [1.807, 2.05) is 24.1 Å². The van der Waals surface area contributed by atoms with Gasteiger partial charge in [-0.25, -0.2) is 18.1 Å². The zero-order valence-electron chi connectivity index (χ0n) is 21.5. The van der Waals surface area contributed by atoms with Crippen molar-refractivity contribution in [2.75, 3.05) is 46.4 Å². The molecule has 39 heavy (non-hydrogen) atoms. The minimum absolute atomic E-state index is 0.00873. The van der Waals surface area contributed by atoms with E-state index >= 15 is 0 Å². The molecular formula is C27H31ClN4O6S. The molecule has 1 aromatic heterocycles. The number of oxazole rings is 1. The van der Waals surface area contributed by atoms with Gasteiger partial charge in [0, 0.05) is 43.2 Å². The number of rotatable bonds is 2. The summed E-state index contributed by atoms with van der Waals surface area (Å²) in [7, 11) is -2.06. The number of nitrogens with zero attached hydrogens (tertiary/aromatic N) is 3. The molecule has 1 amide bonds. The van der Waals surface area contributed by atoms with Crippen molar-refractivity contribution in [3.8, 4) is 16.9 Å². The van der Waals surface area contributed by atoms with Crippen LogP contribution in [0.5, 0.6) is 5.75 Å². The van der Waals surface area contributed by atoms with Gasteiger partial charge in [0.25, 0.3) is 5.91 Å². The van der Waals surface area contributed by atoms with Crippen LogP contribution in [0, 0.1) is 5.41 Å². The van der Waals surface area contributed by atoms with Crippen LogP contribution in [0.15, 0.2) is 64.4 Å². The largest absolute Gasteiger partial charge is 0.492 e. The molecule has 5 rings (SSSR count). The quantitative estimate of drug-likeness (QED) is 0.479. The first-order chi connectivity index (χ1) is 18.6. The van der Waals surface area contributed by atoms with Crippen molar-refractivity contribution in [3.05, 3.63) is 65.8 Å². The number of hydrogen-bond donors (Lipinski definition) is 2. The number of halogens is 1. The smallest absolute Gasteiger partial charge is 0.291 e. The summed E-state index contributed by atoms with van der Waals surface area (Å²) in [5, 5.41) is 11.2. The van der Waals surface area contributed by atoms with Gasteiger partial charge in [0.1, 0.15) is 10.6 Å². The summed E-state index contributed by atoms with van der Waals surface area (Å²) in [5.41, 5.74) is 1.27. The van der Waals surface area contributed by atoms with Gasteiger partial charge in [0.05, 0.1) is 18.9 Å². The van der Waals surface area contributed by atoms with Gasteiger partial charge in [0.15, 0.2) is 6.39 Å². The summed E-state index contributed by atoms with van der Waals surface area (Å²) in [4.78, 5) is 20.4. The standard InChI is InChI=1S/C27H31ClN4O6S/c1-31-15-22(33)13-30-39(35,36)25-7-4-20(19-2-5-21(28)6-3-19)12-23(25)37-17-27(16-31)8-10-32(11-9-27)26(34)24-14-29-18-38-24/h2-7,12,14,18,22,30,33H,8-11,13,15-17H2,1H3. The van der Waals surface area contributed by atoms with Gasteiger partial charge in [-0.2, -0.15) is 0 Å². The number of likely N-dealkylation sites (N-methyl/N-ethyl adjacent to an activating group) is 1. The summed E-state index contributed by atoms with van der Waals surface area (Å²) in [6, 6.07) is 12.2. The number of ether oxygens (including phenoxy) is 1. The molecule has 3 aromatic rings. The van der Waals surface area contributed by atoms with E-state index in [1.165, 1.54) is 18.7 Å². The highest BCUT2D eigenvalue weighted by Crippen LogP contribution is 2.37. The minimum Gasteiger partial charge on any atom is -0.492 e.